The number of halogens is 3. The van der Waals surface area contributed by atoms with Crippen molar-refractivity contribution in [3.8, 4) is 5.75 Å². The highest BCUT2D eigenvalue weighted by molar-refractivity contribution is 7.89. The summed E-state index contributed by atoms with van der Waals surface area (Å²) in [4.78, 5) is 3.98. The van der Waals surface area contributed by atoms with E-state index in [0.717, 1.165) is 19.3 Å². The summed E-state index contributed by atoms with van der Waals surface area (Å²) in [5.41, 5.74) is 0.412. The Morgan fingerprint density at radius 2 is 2.06 bits per heavy atom. The molecule has 1 aromatic carbocycles. The first-order chi connectivity index (χ1) is 15.1. The number of nitrogens with zero attached hydrogens (tertiary/aromatic N) is 3. The Bertz CT molecular complexity index is 1040. The van der Waals surface area contributed by atoms with E-state index in [1.807, 2.05) is 0 Å². The number of ether oxygens (including phenoxy) is 2. The average molecular weight is 475 g/mol. The van der Waals surface area contributed by atoms with Crippen molar-refractivity contribution < 1.29 is 31.1 Å². The van der Waals surface area contributed by atoms with E-state index >= 15 is 0 Å². The van der Waals surface area contributed by atoms with E-state index in [4.69, 9.17) is 4.74 Å². The van der Waals surface area contributed by atoms with Gasteiger partial charge in [0.1, 0.15) is 5.75 Å². The molecule has 0 spiro atoms. The van der Waals surface area contributed by atoms with Gasteiger partial charge in [-0.3, -0.25) is 0 Å². The number of nitrogens with one attached hydrogen (secondary N) is 1. The van der Waals surface area contributed by atoms with Crippen LogP contribution in [0.25, 0.3) is 0 Å². The molecule has 0 bridgehead atoms. The molecule has 2 aliphatic heterocycles. The van der Waals surface area contributed by atoms with Crippen LogP contribution in [0.1, 0.15) is 19.3 Å². The fourth-order valence-corrected chi connectivity index (χ4v) is 5.74. The van der Waals surface area contributed by atoms with Gasteiger partial charge < -0.3 is 19.4 Å². The van der Waals surface area contributed by atoms with Crippen LogP contribution in [-0.4, -0.2) is 60.5 Å². The summed E-state index contributed by atoms with van der Waals surface area (Å²) in [6, 6.07) is 5.19. The van der Waals surface area contributed by atoms with E-state index in [2.05, 4.69) is 15.0 Å². The lowest BCUT2D eigenvalue weighted by Gasteiger charge is -2.31. The Labute approximate surface area is 184 Å². The number of anilines is 1. The molecular weight excluding hydrogens is 449 g/mol. The van der Waals surface area contributed by atoms with Gasteiger partial charge in [-0.15, -0.1) is 13.2 Å². The van der Waals surface area contributed by atoms with Crippen LogP contribution in [0.4, 0.5) is 18.9 Å². The van der Waals surface area contributed by atoms with E-state index < -0.39 is 16.4 Å². The maximum Gasteiger partial charge on any atom is 0.573 e. The first-order valence-electron chi connectivity index (χ1n) is 10.3. The smallest absolute Gasteiger partial charge is 0.406 e. The highest BCUT2D eigenvalue weighted by Gasteiger charge is 2.44. The molecule has 2 saturated heterocycles. The van der Waals surface area contributed by atoms with Crippen LogP contribution in [0.5, 0.6) is 5.75 Å². The lowest BCUT2D eigenvalue weighted by molar-refractivity contribution is -0.274. The van der Waals surface area contributed by atoms with E-state index in [-0.39, 0.29) is 41.9 Å². The second-order valence-corrected chi connectivity index (χ2v) is 9.98. The predicted octanol–water partition coefficient (Wildman–Crippen LogP) is 2.99. The summed E-state index contributed by atoms with van der Waals surface area (Å²) in [6.07, 6.45) is 0.673. The maximum atomic E-state index is 13.1. The first-order valence-corrected chi connectivity index (χ1v) is 11.8. The normalized spacial score (nSPS) is 25.1. The van der Waals surface area contributed by atoms with Crippen molar-refractivity contribution in [1.29, 1.82) is 0 Å². The zero-order valence-electron chi connectivity index (χ0n) is 17.5. The monoisotopic (exact) mass is 474 g/mol. The zero-order valence-corrected chi connectivity index (χ0v) is 18.3. The molecule has 2 aliphatic rings. The fraction of sp³-hybridized carbons (Fsp3) is 0.550. The Kier molecular flexibility index (Phi) is 6.37. The third-order valence-corrected chi connectivity index (χ3v) is 7.45. The SMILES string of the molecule is Cn1cnc(S(=O)(=O)N2CC(Nc3cccc(OC(F)(F)F)c3)C([C@H]3CCCCO3)C2)c1. The first kappa shape index (κ1) is 22.9. The third-order valence-electron chi connectivity index (χ3n) is 5.73. The van der Waals surface area contributed by atoms with E-state index in [1.165, 1.54) is 35.0 Å². The summed E-state index contributed by atoms with van der Waals surface area (Å²) >= 11 is 0. The number of aromatic nitrogens is 2. The molecule has 2 aromatic rings. The molecule has 2 unspecified atom stereocenters. The number of rotatable bonds is 6. The van der Waals surface area contributed by atoms with Crippen LogP contribution in [-0.2, 0) is 21.8 Å². The second kappa shape index (κ2) is 8.91. The molecule has 4 rings (SSSR count). The quantitative estimate of drug-likeness (QED) is 0.693. The number of benzene rings is 1. The van der Waals surface area contributed by atoms with Gasteiger partial charge >= 0.3 is 6.36 Å². The van der Waals surface area contributed by atoms with Crippen molar-refractivity contribution in [3.05, 3.63) is 36.8 Å². The fourth-order valence-electron chi connectivity index (χ4n) is 4.27. The Balaban J connectivity index is 1.56. The molecule has 0 amide bonds. The Morgan fingerprint density at radius 3 is 2.72 bits per heavy atom. The minimum Gasteiger partial charge on any atom is -0.406 e. The molecule has 12 heteroatoms. The van der Waals surface area contributed by atoms with Crippen molar-refractivity contribution in [2.75, 3.05) is 25.0 Å². The summed E-state index contributed by atoms with van der Waals surface area (Å²) in [6.45, 7) is 0.990. The van der Waals surface area contributed by atoms with Gasteiger partial charge in [-0.25, -0.2) is 13.4 Å². The summed E-state index contributed by atoms with van der Waals surface area (Å²) in [7, 11) is -2.12. The highest BCUT2D eigenvalue weighted by Crippen LogP contribution is 2.34. The number of hydrogen-bond acceptors (Lipinski definition) is 6. The van der Waals surface area contributed by atoms with Crippen molar-refractivity contribution in [2.24, 2.45) is 13.0 Å². The van der Waals surface area contributed by atoms with Gasteiger partial charge in [0.2, 0.25) is 0 Å². The molecular formula is C20H25F3N4O4S. The van der Waals surface area contributed by atoms with Crippen LogP contribution < -0.4 is 10.1 Å². The standard InChI is InChI=1S/C20H25F3N4O4S/c1-26-12-19(24-13-26)32(28,29)27-10-16(18-7-2-3-8-30-18)17(11-27)25-14-5-4-6-15(9-14)31-20(21,22)23/h4-6,9,12-13,16-18,25H,2-3,7-8,10-11H2,1H3/t16?,17?,18-/m1/s1. The van der Waals surface area contributed by atoms with Gasteiger partial charge in [0.25, 0.3) is 10.0 Å². The molecule has 0 aliphatic carbocycles. The molecule has 1 aromatic heterocycles. The molecule has 3 heterocycles. The van der Waals surface area contributed by atoms with Gasteiger partial charge in [0.05, 0.1) is 12.4 Å². The Hall–Kier alpha value is -2.31. The zero-order chi connectivity index (χ0) is 22.9. The lowest BCUT2D eigenvalue weighted by Crippen LogP contribution is -2.39. The van der Waals surface area contributed by atoms with Gasteiger partial charge in [0, 0.05) is 56.7 Å². The molecule has 0 saturated carbocycles. The van der Waals surface area contributed by atoms with Crippen LogP contribution in [0.3, 0.4) is 0 Å². The average Bonchev–Trinajstić information content (AvgIpc) is 3.35. The van der Waals surface area contributed by atoms with Crippen molar-refractivity contribution in [2.45, 2.75) is 42.8 Å². The topological polar surface area (TPSA) is 85.7 Å². The van der Waals surface area contributed by atoms with E-state index in [0.29, 0.717) is 12.3 Å². The van der Waals surface area contributed by atoms with Crippen molar-refractivity contribution in [1.82, 2.24) is 13.9 Å². The molecule has 3 atom stereocenters. The van der Waals surface area contributed by atoms with Gasteiger partial charge in [-0.2, -0.15) is 4.31 Å². The Morgan fingerprint density at radius 1 is 1.25 bits per heavy atom. The molecule has 8 nitrogen and oxygen atoms in total. The highest BCUT2D eigenvalue weighted by atomic mass is 32.2. The van der Waals surface area contributed by atoms with E-state index in [1.54, 1.807) is 17.7 Å². The number of alkyl halides is 3. The van der Waals surface area contributed by atoms with Gasteiger partial charge in [-0.05, 0) is 31.4 Å². The minimum absolute atomic E-state index is 0.0375. The van der Waals surface area contributed by atoms with Crippen molar-refractivity contribution >= 4 is 15.7 Å². The number of hydrogen-bond donors (Lipinski definition) is 1. The van der Waals surface area contributed by atoms with Crippen molar-refractivity contribution in [3.63, 3.8) is 0 Å². The van der Waals surface area contributed by atoms with Crippen LogP contribution in [0.2, 0.25) is 0 Å². The molecule has 176 valence electrons. The predicted molar refractivity (Wildman–Crippen MR) is 110 cm³/mol. The van der Waals surface area contributed by atoms with Gasteiger partial charge in [0.15, 0.2) is 5.03 Å². The minimum atomic E-state index is -4.79. The molecule has 2 fully saturated rings. The van der Waals surface area contributed by atoms with Crippen LogP contribution in [0.15, 0.2) is 41.8 Å². The van der Waals surface area contributed by atoms with E-state index in [9.17, 15) is 21.6 Å². The largest absolute Gasteiger partial charge is 0.573 e. The molecule has 32 heavy (non-hydrogen) atoms. The number of sulfonamides is 1. The third kappa shape index (κ3) is 5.18. The lowest BCUT2D eigenvalue weighted by atomic mass is 9.91. The summed E-state index contributed by atoms with van der Waals surface area (Å²) in [5, 5.41) is 3.18. The summed E-state index contributed by atoms with van der Waals surface area (Å²) < 4.78 is 76.9. The molecule has 0 radical (unpaired) electrons. The van der Waals surface area contributed by atoms with Crippen LogP contribution in [0, 0.1) is 5.92 Å². The maximum absolute atomic E-state index is 13.1. The van der Waals surface area contributed by atoms with Gasteiger partial charge in [-0.1, -0.05) is 6.07 Å². The number of aryl methyl sites for hydroxylation is 1. The molecule has 1 N–H and O–H groups in total. The second-order valence-electron chi connectivity index (χ2n) is 8.09. The van der Waals surface area contributed by atoms with Crippen LogP contribution >= 0.6 is 0 Å². The number of imidazole rings is 1. The summed E-state index contributed by atoms with van der Waals surface area (Å²) in [5.74, 6) is -0.509.